The lowest BCUT2D eigenvalue weighted by atomic mass is 9.87. The first-order valence-electron chi connectivity index (χ1n) is 8.10. The maximum Gasteiger partial charge on any atom is 0.303 e. The second-order valence-electron chi connectivity index (χ2n) is 6.30. The van der Waals surface area contributed by atoms with E-state index in [-0.39, 0.29) is 23.7 Å². The number of thioether (sulfide) groups is 1. The number of carbonyl (C=O) groups excluding carboxylic acids is 2. The van der Waals surface area contributed by atoms with E-state index >= 15 is 0 Å². The Bertz CT molecular complexity index is 386. The molecule has 7 heteroatoms. The van der Waals surface area contributed by atoms with Gasteiger partial charge in [0.25, 0.3) is 0 Å². The van der Waals surface area contributed by atoms with Gasteiger partial charge >= 0.3 is 5.97 Å². The van der Waals surface area contributed by atoms with Gasteiger partial charge in [-0.15, -0.1) is 0 Å². The molecule has 0 aromatic heterocycles. The summed E-state index contributed by atoms with van der Waals surface area (Å²) in [6, 6.07) is 0. The van der Waals surface area contributed by atoms with Gasteiger partial charge in [-0.2, -0.15) is 11.8 Å². The number of carboxylic acid groups (broad SMARTS) is 1. The zero-order chi connectivity index (χ0) is 17.7. The third-order valence-corrected chi connectivity index (χ3v) is 4.26. The van der Waals surface area contributed by atoms with Crippen LogP contribution in [0.1, 0.15) is 52.9 Å². The molecular weight excluding hydrogens is 316 g/mol. The molecule has 6 nitrogen and oxygen atoms in total. The van der Waals surface area contributed by atoms with E-state index in [1.165, 1.54) is 0 Å². The van der Waals surface area contributed by atoms with Crippen molar-refractivity contribution in [2.75, 3.05) is 24.6 Å². The molecule has 3 N–H and O–H groups in total. The molecule has 0 unspecified atom stereocenters. The van der Waals surface area contributed by atoms with Crippen LogP contribution in [-0.2, 0) is 14.4 Å². The Hall–Kier alpha value is -1.24. The highest BCUT2D eigenvalue weighted by atomic mass is 32.2. The number of aliphatic carboxylic acids is 1. The van der Waals surface area contributed by atoms with Gasteiger partial charge in [0.1, 0.15) is 0 Å². The normalized spacial score (nSPS) is 11.1. The maximum absolute atomic E-state index is 11.6. The highest BCUT2D eigenvalue weighted by Crippen LogP contribution is 2.26. The van der Waals surface area contributed by atoms with Crippen molar-refractivity contribution in [2.24, 2.45) is 5.41 Å². The molecule has 0 aliphatic carbocycles. The standard InChI is InChI=1S/C16H30N2O4S/c1-4-5-13(19)17-8-6-14(20)18-9-11-23-10-7-16(2,3)12-15(21)22/h4-12H2,1-3H3,(H,17,19)(H,18,20)(H,21,22). The van der Waals surface area contributed by atoms with Crippen LogP contribution in [0.2, 0.25) is 0 Å². The molecule has 0 spiro atoms. The summed E-state index contributed by atoms with van der Waals surface area (Å²) in [4.78, 5) is 33.5. The maximum atomic E-state index is 11.6. The summed E-state index contributed by atoms with van der Waals surface area (Å²) in [6.07, 6.45) is 2.61. The predicted molar refractivity (Wildman–Crippen MR) is 93.5 cm³/mol. The Balaban J connectivity index is 3.55. The second-order valence-corrected chi connectivity index (χ2v) is 7.52. The SMILES string of the molecule is CCCC(=O)NCCC(=O)NCCSCCC(C)(C)CC(=O)O. The van der Waals surface area contributed by atoms with Gasteiger partial charge in [-0.3, -0.25) is 14.4 Å². The van der Waals surface area contributed by atoms with Crippen LogP contribution in [0.25, 0.3) is 0 Å². The molecule has 0 aromatic rings. The van der Waals surface area contributed by atoms with Gasteiger partial charge in [-0.25, -0.2) is 0 Å². The number of hydrogen-bond acceptors (Lipinski definition) is 4. The minimum atomic E-state index is -0.765. The lowest BCUT2D eigenvalue weighted by Crippen LogP contribution is -2.31. The molecule has 2 amide bonds. The first-order chi connectivity index (χ1) is 10.8. The zero-order valence-electron chi connectivity index (χ0n) is 14.4. The largest absolute Gasteiger partial charge is 0.481 e. The fourth-order valence-electron chi connectivity index (χ4n) is 1.93. The van der Waals surface area contributed by atoms with Crippen molar-refractivity contribution in [3.8, 4) is 0 Å². The molecule has 0 bridgehead atoms. The fraction of sp³-hybridized carbons (Fsp3) is 0.812. The minimum Gasteiger partial charge on any atom is -0.481 e. The third kappa shape index (κ3) is 14.1. The molecule has 0 saturated heterocycles. The van der Waals surface area contributed by atoms with E-state index in [1.807, 2.05) is 20.8 Å². The monoisotopic (exact) mass is 346 g/mol. The quantitative estimate of drug-likeness (QED) is 0.444. The average molecular weight is 346 g/mol. The summed E-state index contributed by atoms with van der Waals surface area (Å²) in [5.74, 6) is 0.840. The first-order valence-corrected chi connectivity index (χ1v) is 9.25. The molecule has 0 heterocycles. The van der Waals surface area contributed by atoms with Crippen LogP contribution >= 0.6 is 11.8 Å². The van der Waals surface area contributed by atoms with Gasteiger partial charge in [-0.05, 0) is 24.0 Å². The molecule has 0 fully saturated rings. The van der Waals surface area contributed by atoms with Gasteiger partial charge in [0, 0.05) is 31.7 Å². The van der Waals surface area contributed by atoms with E-state index in [9.17, 15) is 14.4 Å². The summed E-state index contributed by atoms with van der Waals surface area (Å²) in [7, 11) is 0. The van der Waals surface area contributed by atoms with Gasteiger partial charge in [-0.1, -0.05) is 20.8 Å². The Kier molecular flexibility index (Phi) is 11.6. The Morgan fingerprint density at radius 1 is 1.00 bits per heavy atom. The number of amides is 2. The number of hydrogen-bond donors (Lipinski definition) is 3. The predicted octanol–water partition coefficient (Wildman–Crippen LogP) is 2.03. The van der Waals surface area contributed by atoms with E-state index in [0.717, 1.165) is 24.3 Å². The molecule has 0 radical (unpaired) electrons. The highest BCUT2D eigenvalue weighted by Gasteiger charge is 2.21. The number of rotatable bonds is 13. The molecule has 0 aliphatic heterocycles. The lowest BCUT2D eigenvalue weighted by molar-refractivity contribution is -0.139. The second kappa shape index (κ2) is 12.2. The summed E-state index contributed by atoms with van der Waals surface area (Å²) in [5.41, 5.74) is -0.196. The molecule has 0 aromatic carbocycles. The molecule has 0 aliphatic rings. The molecule has 23 heavy (non-hydrogen) atoms. The number of carboxylic acids is 1. The molecule has 0 atom stereocenters. The van der Waals surface area contributed by atoms with E-state index in [0.29, 0.717) is 25.9 Å². The van der Waals surface area contributed by atoms with Crippen LogP contribution in [0.15, 0.2) is 0 Å². The van der Waals surface area contributed by atoms with Crippen molar-refractivity contribution in [1.29, 1.82) is 0 Å². The van der Waals surface area contributed by atoms with Crippen molar-refractivity contribution in [3.05, 3.63) is 0 Å². The Labute approximate surface area is 143 Å². The molecule has 134 valence electrons. The van der Waals surface area contributed by atoms with Crippen LogP contribution in [0.3, 0.4) is 0 Å². The van der Waals surface area contributed by atoms with Gasteiger partial charge in [0.05, 0.1) is 6.42 Å². The van der Waals surface area contributed by atoms with Gasteiger partial charge in [0.15, 0.2) is 0 Å². The fourth-order valence-corrected chi connectivity index (χ4v) is 3.08. The molecule has 0 rings (SSSR count). The third-order valence-electron chi connectivity index (χ3n) is 3.27. The Morgan fingerprint density at radius 3 is 2.22 bits per heavy atom. The van der Waals surface area contributed by atoms with Crippen LogP contribution in [-0.4, -0.2) is 47.5 Å². The van der Waals surface area contributed by atoms with E-state index in [1.54, 1.807) is 11.8 Å². The summed E-state index contributed by atoms with van der Waals surface area (Å²) < 4.78 is 0. The zero-order valence-corrected chi connectivity index (χ0v) is 15.3. The van der Waals surface area contributed by atoms with Crippen molar-refractivity contribution in [3.63, 3.8) is 0 Å². The molecular formula is C16H30N2O4S. The summed E-state index contributed by atoms with van der Waals surface area (Å²) in [6.45, 7) is 6.81. The topological polar surface area (TPSA) is 95.5 Å². The van der Waals surface area contributed by atoms with Crippen molar-refractivity contribution in [1.82, 2.24) is 10.6 Å². The molecule has 0 saturated carbocycles. The van der Waals surface area contributed by atoms with Crippen molar-refractivity contribution >= 4 is 29.5 Å². The summed E-state index contributed by atoms with van der Waals surface area (Å²) >= 11 is 1.71. The van der Waals surface area contributed by atoms with Crippen LogP contribution in [0, 0.1) is 5.41 Å². The first kappa shape index (κ1) is 21.8. The van der Waals surface area contributed by atoms with Crippen molar-refractivity contribution < 1.29 is 19.5 Å². The van der Waals surface area contributed by atoms with Gasteiger partial charge < -0.3 is 15.7 Å². The van der Waals surface area contributed by atoms with Crippen molar-refractivity contribution in [2.45, 2.75) is 52.9 Å². The van der Waals surface area contributed by atoms with E-state index in [2.05, 4.69) is 10.6 Å². The highest BCUT2D eigenvalue weighted by molar-refractivity contribution is 7.99. The minimum absolute atomic E-state index is 0.0140. The van der Waals surface area contributed by atoms with Gasteiger partial charge in [0.2, 0.25) is 11.8 Å². The Morgan fingerprint density at radius 2 is 1.61 bits per heavy atom. The smallest absolute Gasteiger partial charge is 0.303 e. The summed E-state index contributed by atoms with van der Waals surface area (Å²) in [5, 5.41) is 14.3. The van der Waals surface area contributed by atoms with E-state index in [4.69, 9.17) is 5.11 Å². The number of nitrogens with one attached hydrogen (secondary N) is 2. The average Bonchev–Trinajstić information content (AvgIpc) is 2.41. The lowest BCUT2D eigenvalue weighted by Gasteiger charge is -2.21. The van der Waals surface area contributed by atoms with Crippen LogP contribution in [0.4, 0.5) is 0 Å². The van der Waals surface area contributed by atoms with Crippen LogP contribution in [0.5, 0.6) is 0 Å². The van der Waals surface area contributed by atoms with E-state index < -0.39 is 5.97 Å². The van der Waals surface area contributed by atoms with Crippen LogP contribution < -0.4 is 10.6 Å². The number of carbonyl (C=O) groups is 3.